The van der Waals surface area contributed by atoms with E-state index in [-0.39, 0.29) is 27.8 Å². The summed E-state index contributed by atoms with van der Waals surface area (Å²) >= 11 is 6.05. The number of esters is 1. The van der Waals surface area contributed by atoms with Crippen LogP contribution >= 0.6 is 11.6 Å². The Balaban J connectivity index is 3.27. The fourth-order valence-electron chi connectivity index (χ4n) is 2.12. The van der Waals surface area contributed by atoms with Gasteiger partial charge in [-0.2, -0.15) is 0 Å². The summed E-state index contributed by atoms with van der Waals surface area (Å²) in [4.78, 5) is 26.3. The molecule has 0 aliphatic heterocycles. The number of amides is 1. The third-order valence-electron chi connectivity index (χ3n) is 3.31. The van der Waals surface area contributed by atoms with Crippen LogP contribution in [0.1, 0.15) is 20.7 Å². The second-order valence-corrected chi connectivity index (χ2v) is 5.24. The van der Waals surface area contributed by atoms with Gasteiger partial charge in [-0.1, -0.05) is 11.6 Å². The Bertz CT molecular complexity index is 570. The molecule has 0 saturated heterocycles. The van der Waals surface area contributed by atoms with Crippen molar-refractivity contribution in [2.45, 2.75) is 0 Å². The molecule has 134 valence electrons. The van der Waals surface area contributed by atoms with Gasteiger partial charge in [0.05, 0.1) is 33.0 Å². The topological polar surface area (TPSA) is 74.3 Å². The van der Waals surface area contributed by atoms with Crippen LogP contribution < -0.4 is 4.74 Å². The highest BCUT2D eigenvalue weighted by Gasteiger charge is 2.25. The lowest BCUT2D eigenvalue weighted by Gasteiger charge is -2.23. The maximum absolute atomic E-state index is 12.9. The van der Waals surface area contributed by atoms with Crippen LogP contribution in [0.15, 0.2) is 12.1 Å². The predicted octanol–water partition coefficient (Wildman–Crippen LogP) is 1.87. The van der Waals surface area contributed by atoms with Gasteiger partial charge in [0, 0.05) is 32.3 Å². The van der Waals surface area contributed by atoms with Crippen molar-refractivity contribution in [3.8, 4) is 5.75 Å². The fourth-order valence-corrected chi connectivity index (χ4v) is 2.34. The van der Waals surface area contributed by atoms with Crippen molar-refractivity contribution < 1.29 is 28.5 Å². The molecule has 0 heterocycles. The third-order valence-corrected chi connectivity index (χ3v) is 3.53. The van der Waals surface area contributed by atoms with Crippen LogP contribution in [0.5, 0.6) is 5.75 Å². The highest BCUT2D eigenvalue weighted by Crippen LogP contribution is 2.30. The van der Waals surface area contributed by atoms with Crippen LogP contribution in [-0.2, 0) is 14.2 Å². The van der Waals surface area contributed by atoms with E-state index in [2.05, 4.69) is 0 Å². The van der Waals surface area contributed by atoms with E-state index in [9.17, 15) is 9.59 Å². The van der Waals surface area contributed by atoms with Gasteiger partial charge in [-0.05, 0) is 12.1 Å². The molecule has 24 heavy (non-hydrogen) atoms. The van der Waals surface area contributed by atoms with E-state index in [0.29, 0.717) is 26.3 Å². The van der Waals surface area contributed by atoms with Gasteiger partial charge in [-0.25, -0.2) is 4.79 Å². The number of ether oxygens (including phenoxy) is 4. The molecule has 1 aromatic carbocycles. The Morgan fingerprint density at radius 1 is 1.00 bits per heavy atom. The number of rotatable bonds is 9. The summed E-state index contributed by atoms with van der Waals surface area (Å²) in [5, 5.41) is 0.234. The molecule has 0 N–H and O–H groups in total. The highest BCUT2D eigenvalue weighted by atomic mass is 35.5. The summed E-state index contributed by atoms with van der Waals surface area (Å²) in [6.07, 6.45) is 0. The number of carbonyl (C=O) groups is 2. The first-order valence-electron chi connectivity index (χ1n) is 7.23. The molecular formula is C16H22ClNO6. The van der Waals surface area contributed by atoms with Crippen molar-refractivity contribution in [1.29, 1.82) is 0 Å². The molecule has 0 saturated carbocycles. The summed E-state index contributed by atoms with van der Waals surface area (Å²) < 4.78 is 20.0. The van der Waals surface area contributed by atoms with Crippen LogP contribution in [0.2, 0.25) is 5.02 Å². The Hall–Kier alpha value is -1.83. The van der Waals surface area contributed by atoms with Gasteiger partial charge in [-0.15, -0.1) is 0 Å². The van der Waals surface area contributed by atoms with Gasteiger partial charge in [0.1, 0.15) is 11.3 Å². The minimum Gasteiger partial charge on any atom is -0.495 e. The SMILES string of the molecule is COCCN(CCOC)C(=O)c1cc(Cl)cc(C(=O)OC)c1OC. The van der Waals surface area contributed by atoms with E-state index >= 15 is 0 Å². The molecule has 0 aliphatic carbocycles. The predicted molar refractivity (Wildman–Crippen MR) is 89.0 cm³/mol. The number of carbonyl (C=O) groups excluding carboxylic acids is 2. The lowest BCUT2D eigenvalue weighted by Crippen LogP contribution is -2.36. The maximum Gasteiger partial charge on any atom is 0.341 e. The smallest absolute Gasteiger partial charge is 0.341 e. The fraction of sp³-hybridized carbons (Fsp3) is 0.500. The van der Waals surface area contributed by atoms with E-state index in [1.54, 1.807) is 19.1 Å². The molecule has 0 radical (unpaired) electrons. The first-order valence-corrected chi connectivity index (χ1v) is 7.60. The minimum atomic E-state index is -0.635. The summed E-state index contributed by atoms with van der Waals surface area (Å²) in [6, 6.07) is 2.86. The number of methoxy groups -OCH3 is 4. The molecule has 1 aromatic rings. The number of nitrogens with zero attached hydrogens (tertiary/aromatic N) is 1. The molecule has 0 atom stereocenters. The van der Waals surface area contributed by atoms with E-state index in [4.69, 9.17) is 30.5 Å². The Kier molecular flexibility index (Phi) is 8.53. The Morgan fingerprint density at radius 3 is 2.00 bits per heavy atom. The number of benzene rings is 1. The highest BCUT2D eigenvalue weighted by molar-refractivity contribution is 6.31. The molecule has 8 heteroatoms. The van der Waals surface area contributed by atoms with Crippen molar-refractivity contribution in [2.75, 3.05) is 54.7 Å². The van der Waals surface area contributed by atoms with Crippen molar-refractivity contribution in [2.24, 2.45) is 0 Å². The van der Waals surface area contributed by atoms with Crippen molar-refractivity contribution in [3.63, 3.8) is 0 Å². The molecule has 0 bridgehead atoms. The molecule has 1 rings (SSSR count). The molecular weight excluding hydrogens is 338 g/mol. The van der Waals surface area contributed by atoms with E-state index in [0.717, 1.165) is 0 Å². The summed E-state index contributed by atoms with van der Waals surface area (Å²) in [7, 11) is 5.72. The molecule has 0 aliphatic rings. The van der Waals surface area contributed by atoms with Crippen molar-refractivity contribution in [3.05, 3.63) is 28.3 Å². The molecule has 7 nitrogen and oxygen atoms in total. The van der Waals surface area contributed by atoms with Gasteiger partial charge >= 0.3 is 5.97 Å². The normalized spacial score (nSPS) is 10.4. The van der Waals surface area contributed by atoms with Crippen molar-refractivity contribution in [1.82, 2.24) is 4.90 Å². The summed E-state index contributed by atoms with van der Waals surface area (Å²) in [5.74, 6) is -0.853. The third kappa shape index (κ3) is 5.09. The zero-order valence-electron chi connectivity index (χ0n) is 14.3. The average Bonchev–Trinajstić information content (AvgIpc) is 2.59. The quantitative estimate of drug-likeness (QED) is 0.627. The lowest BCUT2D eigenvalue weighted by molar-refractivity contribution is 0.0595. The lowest BCUT2D eigenvalue weighted by atomic mass is 10.1. The second kappa shape index (κ2) is 10.1. The zero-order valence-corrected chi connectivity index (χ0v) is 15.0. The molecule has 1 amide bonds. The largest absolute Gasteiger partial charge is 0.495 e. The van der Waals surface area contributed by atoms with E-state index < -0.39 is 5.97 Å². The molecule has 0 aromatic heterocycles. The Morgan fingerprint density at radius 2 is 1.54 bits per heavy atom. The van der Waals surface area contributed by atoms with Gasteiger partial charge < -0.3 is 23.8 Å². The van der Waals surface area contributed by atoms with E-state index in [1.807, 2.05) is 0 Å². The average molecular weight is 360 g/mol. The maximum atomic E-state index is 12.9. The number of hydrogen-bond acceptors (Lipinski definition) is 6. The zero-order chi connectivity index (χ0) is 18.1. The first-order chi connectivity index (χ1) is 11.5. The monoisotopic (exact) mass is 359 g/mol. The van der Waals surface area contributed by atoms with Crippen LogP contribution in [-0.4, -0.2) is 71.5 Å². The summed E-state index contributed by atoms with van der Waals surface area (Å²) in [6.45, 7) is 1.45. The second-order valence-electron chi connectivity index (χ2n) is 4.80. The molecule has 0 unspecified atom stereocenters. The minimum absolute atomic E-state index is 0.0919. The van der Waals surface area contributed by atoms with E-state index in [1.165, 1.54) is 26.4 Å². The number of halogens is 1. The van der Waals surface area contributed by atoms with Crippen LogP contribution in [0.4, 0.5) is 0 Å². The van der Waals surface area contributed by atoms with Gasteiger partial charge in [-0.3, -0.25) is 4.79 Å². The van der Waals surface area contributed by atoms with Gasteiger partial charge in [0.15, 0.2) is 0 Å². The Labute approximate surface area is 146 Å². The molecule has 0 spiro atoms. The summed E-state index contributed by atoms with van der Waals surface area (Å²) in [5.41, 5.74) is 0.270. The standard InChI is InChI=1S/C16H22ClNO6/c1-21-7-5-18(6-8-22-2)15(19)12-9-11(17)10-13(14(12)23-3)16(20)24-4/h9-10H,5-8H2,1-4H3. The number of hydrogen-bond donors (Lipinski definition) is 0. The van der Waals surface area contributed by atoms with Crippen molar-refractivity contribution >= 4 is 23.5 Å². The first kappa shape index (κ1) is 20.2. The van der Waals surface area contributed by atoms with Gasteiger partial charge in [0.25, 0.3) is 5.91 Å². The van der Waals surface area contributed by atoms with Crippen LogP contribution in [0.25, 0.3) is 0 Å². The van der Waals surface area contributed by atoms with Gasteiger partial charge in [0.2, 0.25) is 0 Å². The van der Waals surface area contributed by atoms with Crippen LogP contribution in [0.3, 0.4) is 0 Å². The molecule has 0 fully saturated rings. The van der Waals surface area contributed by atoms with Crippen LogP contribution in [0, 0.1) is 0 Å².